The largest absolute Gasteiger partial charge is 0.290 e. The molecule has 0 N–H and O–H groups in total. The van der Waals surface area contributed by atoms with Crippen LogP contribution in [0.25, 0.3) is 60.6 Å². The minimum absolute atomic E-state index is 0.925. The number of pyridine rings is 3. The summed E-state index contributed by atoms with van der Waals surface area (Å²) in [7, 11) is 0. The summed E-state index contributed by atoms with van der Waals surface area (Å²) < 4.78 is 2.27. The molecular formula is C31H18N4. The van der Waals surface area contributed by atoms with Gasteiger partial charge in [0.25, 0.3) is 0 Å². The van der Waals surface area contributed by atoms with Crippen LogP contribution in [0, 0.1) is 0 Å². The quantitative estimate of drug-likeness (QED) is 0.243. The van der Waals surface area contributed by atoms with Gasteiger partial charge in [0, 0.05) is 29.4 Å². The first-order chi connectivity index (χ1) is 17.3. The van der Waals surface area contributed by atoms with Crippen molar-refractivity contribution in [3.8, 4) is 22.3 Å². The number of aromatic nitrogens is 4. The number of benzene rings is 3. The number of imidazole rings is 1. The van der Waals surface area contributed by atoms with Crippen LogP contribution in [0.4, 0.5) is 0 Å². The van der Waals surface area contributed by atoms with E-state index in [9.17, 15) is 0 Å². The molecule has 0 aliphatic heterocycles. The lowest BCUT2D eigenvalue weighted by Gasteiger charge is -2.12. The highest BCUT2D eigenvalue weighted by atomic mass is 15.0. The molecule has 0 amide bonds. The second kappa shape index (κ2) is 6.10. The van der Waals surface area contributed by atoms with Crippen LogP contribution in [-0.2, 0) is 12.8 Å². The summed E-state index contributed by atoms with van der Waals surface area (Å²) in [5.41, 5.74) is 15.2. The molecule has 0 spiro atoms. The Kier molecular flexibility index (Phi) is 3.11. The van der Waals surface area contributed by atoms with Crippen LogP contribution >= 0.6 is 0 Å². The number of nitrogens with zero attached hydrogens (tertiary/aromatic N) is 4. The molecule has 162 valence electrons. The van der Waals surface area contributed by atoms with Gasteiger partial charge in [-0.3, -0.25) is 14.4 Å². The average Bonchev–Trinajstić information content (AvgIpc) is 3.58. The Hall–Kier alpha value is -4.57. The van der Waals surface area contributed by atoms with Gasteiger partial charge in [-0.15, -0.1) is 0 Å². The second-order valence-corrected chi connectivity index (χ2v) is 9.72. The molecule has 0 fully saturated rings. The standard InChI is InChI=1S/C31H18N4/c1-2-4-20-17(3-1)11-18-12-19-13-25-21(24(19)14-23(18)20)5-6-22-26-15-32-10-8-28(26)35-29-16-33-9-7-27(29)34-31(35)30(22)25/h1-10,12,14-16H,11,13H2. The van der Waals surface area contributed by atoms with Gasteiger partial charge in [-0.2, -0.15) is 0 Å². The van der Waals surface area contributed by atoms with Crippen molar-refractivity contribution in [2.24, 2.45) is 0 Å². The molecule has 0 unspecified atom stereocenters. The van der Waals surface area contributed by atoms with Gasteiger partial charge in [-0.05, 0) is 80.9 Å². The Bertz CT molecular complexity index is 2070. The van der Waals surface area contributed by atoms with E-state index in [1.807, 2.05) is 30.9 Å². The highest BCUT2D eigenvalue weighted by Crippen LogP contribution is 2.47. The van der Waals surface area contributed by atoms with Crippen LogP contribution in [0.1, 0.15) is 22.3 Å². The van der Waals surface area contributed by atoms with E-state index in [2.05, 4.69) is 69.0 Å². The SMILES string of the molecule is c1ccc2c(c1)Cc1cc3c(cc1-2)-c1ccc2c4cnccc4n4c5cnccc5nc4c2c1C3. The number of rotatable bonds is 0. The van der Waals surface area contributed by atoms with Gasteiger partial charge in [-0.25, -0.2) is 4.98 Å². The van der Waals surface area contributed by atoms with Crippen molar-refractivity contribution >= 4 is 38.4 Å². The van der Waals surface area contributed by atoms with Crippen molar-refractivity contribution in [2.75, 3.05) is 0 Å². The lowest BCUT2D eigenvalue weighted by atomic mass is 9.96. The van der Waals surface area contributed by atoms with Gasteiger partial charge in [0.1, 0.15) is 5.65 Å². The summed E-state index contributed by atoms with van der Waals surface area (Å²) >= 11 is 0. The predicted octanol–water partition coefficient (Wildman–Crippen LogP) is 6.73. The lowest BCUT2D eigenvalue weighted by molar-refractivity contribution is 1.22. The second-order valence-electron chi connectivity index (χ2n) is 9.72. The van der Waals surface area contributed by atoms with E-state index in [0.29, 0.717) is 0 Å². The minimum atomic E-state index is 0.925. The van der Waals surface area contributed by atoms with E-state index in [4.69, 9.17) is 4.98 Å². The molecule has 0 bridgehead atoms. The first-order valence-corrected chi connectivity index (χ1v) is 12.0. The zero-order chi connectivity index (χ0) is 22.7. The third kappa shape index (κ3) is 2.15. The van der Waals surface area contributed by atoms with Gasteiger partial charge in [0.05, 0.1) is 22.7 Å². The predicted molar refractivity (Wildman–Crippen MR) is 140 cm³/mol. The fourth-order valence-corrected chi connectivity index (χ4v) is 6.51. The van der Waals surface area contributed by atoms with Gasteiger partial charge in [0.2, 0.25) is 0 Å². The monoisotopic (exact) mass is 446 g/mol. The molecule has 4 nitrogen and oxygen atoms in total. The first kappa shape index (κ1) is 17.8. The summed E-state index contributed by atoms with van der Waals surface area (Å²) in [6, 6.07) is 22.4. The summed E-state index contributed by atoms with van der Waals surface area (Å²) in [5, 5.41) is 3.59. The van der Waals surface area contributed by atoms with Crippen LogP contribution < -0.4 is 0 Å². The molecular weight excluding hydrogens is 428 g/mol. The molecule has 0 atom stereocenters. The molecule has 35 heavy (non-hydrogen) atoms. The van der Waals surface area contributed by atoms with Crippen molar-refractivity contribution in [3.63, 3.8) is 0 Å². The maximum atomic E-state index is 5.13. The highest BCUT2D eigenvalue weighted by Gasteiger charge is 2.28. The van der Waals surface area contributed by atoms with Gasteiger partial charge in [0.15, 0.2) is 0 Å². The van der Waals surface area contributed by atoms with Crippen LogP contribution in [0.2, 0.25) is 0 Å². The highest BCUT2D eigenvalue weighted by molar-refractivity contribution is 6.16. The molecule has 9 rings (SSSR count). The molecule has 3 aromatic carbocycles. The molecule has 0 saturated carbocycles. The summed E-state index contributed by atoms with van der Waals surface area (Å²) in [4.78, 5) is 14.0. The number of fused-ring (bicyclic) bond motifs is 15. The summed E-state index contributed by atoms with van der Waals surface area (Å²) in [6.07, 6.45) is 9.53. The smallest absolute Gasteiger partial charge is 0.146 e. The van der Waals surface area contributed by atoms with Crippen LogP contribution in [-0.4, -0.2) is 19.4 Å². The fraction of sp³-hybridized carbons (Fsp3) is 0.0645. The van der Waals surface area contributed by atoms with E-state index in [-0.39, 0.29) is 0 Å². The van der Waals surface area contributed by atoms with E-state index in [1.54, 1.807) is 0 Å². The molecule has 0 saturated heterocycles. The number of hydrogen-bond acceptors (Lipinski definition) is 3. The Morgan fingerprint density at radius 2 is 1.49 bits per heavy atom. The van der Waals surface area contributed by atoms with E-state index in [1.165, 1.54) is 55.3 Å². The summed E-state index contributed by atoms with van der Waals surface area (Å²) in [5.74, 6) is 0. The average molecular weight is 447 g/mol. The Morgan fingerprint density at radius 1 is 0.629 bits per heavy atom. The van der Waals surface area contributed by atoms with E-state index >= 15 is 0 Å². The third-order valence-corrected chi connectivity index (χ3v) is 8.00. The van der Waals surface area contributed by atoms with Gasteiger partial charge in [-0.1, -0.05) is 42.5 Å². The molecule has 2 aliphatic rings. The maximum Gasteiger partial charge on any atom is 0.146 e. The normalized spacial score (nSPS) is 13.5. The van der Waals surface area contributed by atoms with Crippen molar-refractivity contribution < 1.29 is 0 Å². The topological polar surface area (TPSA) is 43.1 Å². The first-order valence-electron chi connectivity index (χ1n) is 12.0. The van der Waals surface area contributed by atoms with Crippen LogP contribution in [0.3, 0.4) is 0 Å². The van der Waals surface area contributed by atoms with Crippen LogP contribution in [0.5, 0.6) is 0 Å². The van der Waals surface area contributed by atoms with E-state index < -0.39 is 0 Å². The van der Waals surface area contributed by atoms with Crippen molar-refractivity contribution in [1.82, 2.24) is 19.4 Å². The van der Waals surface area contributed by atoms with E-state index in [0.717, 1.165) is 40.4 Å². The molecule has 4 heterocycles. The maximum absolute atomic E-state index is 5.13. The Labute approximate surface area is 200 Å². The Morgan fingerprint density at radius 3 is 2.49 bits per heavy atom. The van der Waals surface area contributed by atoms with Gasteiger partial charge >= 0.3 is 0 Å². The minimum Gasteiger partial charge on any atom is -0.290 e. The zero-order valence-electron chi connectivity index (χ0n) is 18.8. The van der Waals surface area contributed by atoms with Crippen molar-refractivity contribution in [2.45, 2.75) is 12.8 Å². The molecule has 7 aromatic rings. The van der Waals surface area contributed by atoms with Crippen molar-refractivity contribution in [3.05, 3.63) is 108 Å². The lowest BCUT2D eigenvalue weighted by Crippen LogP contribution is -1.95. The van der Waals surface area contributed by atoms with Gasteiger partial charge < -0.3 is 0 Å². The van der Waals surface area contributed by atoms with Crippen LogP contribution in [0.15, 0.2) is 85.5 Å². The third-order valence-electron chi connectivity index (χ3n) is 8.00. The fourth-order valence-electron chi connectivity index (χ4n) is 6.51. The van der Waals surface area contributed by atoms with Crippen molar-refractivity contribution in [1.29, 1.82) is 0 Å². The Balaban J connectivity index is 1.41. The number of hydrogen-bond donors (Lipinski definition) is 0. The zero-order valence-corrected chi connectivity index (χ0v) is 18.8. The molecule has 0 radical (unpaired) electrons. The summed E-state index contributed by atoms with van der Waals surface area (Å²) in [6.45, 7) is 0. The molecule has 4 heteroatoms. The molecule has 2 aliphatic carbocycles. The molecule has 4 aromatic heterocycles.